The molecule has 1 unspecified atom stereocenters. The SMILES string of the molecule is Cc1noc(C)c1C(C)NC(=O)c1cc(O)ccc1N. The third kappa shape index (κ3) is 2.59. The Bertz CT molecular complexity index is 630. The third-order valence-electron chi connectivity index (χ3n) is 3.15. The van der Waals surface area contributed by atoms with Gasteiger partial charge in [-0.15, -0.1) is 0 Å². The van der Waals surface area contributed by atoms with Crippen LogP contribution in [0.1, 0.15) is 40.3 Å². The minimum absolute atomic E-state index is 0.00524. The van der Waals surface area contributed by atoms with Crippen LogP contribution in [0, 0.1) is 13.8 Å². The zero-order valence-electron chi connectivity index (χ0n) is 11.6. The Hall–Kier alpha value is -2.50. The van der Waals surface area contributed by atoms with Gasteiger partial charge in [0.2, 0.25) is 0 Å². The van der Waals surface area contributed by atoms with Crippen molar-refractivity contribution in [2.45, 2.75) is 26.8 Å². The molecule has 0 aliphatic heterocycles. The van der Waals surface area contributed by atoms with Crippen molar-refractivity contribution in [1.82, 2.24) is 10.5 Å². The summed E-state index contributed by atoms with van der Waals surface area (Å²) >= 11 is 0. The molecule has 6 heteroatoms. The first-order chi connectivity index (χ1) is 9.40. The van der Waals surface area contributed by atoms with Crippen LogP contribution in [-0.4, -0.2) is 16.2 Å². The molecule has 1 amide bonds. The summed E-state index contributed by atoms with van der Waals surface area (Å²) in [6, 6.07) is 4.00. The average molecular weight is 275 g/mol. The molecule has 0 saturated heterocycles. The van der Waals surface area contributed by atoms with Gasteiger partial charge >= 0.3 is 0 Å². The van der Waals surface area contributed by atoms with Crippen LogP contribution < -0.4 is 11.1 Å². The Kier molecular flexibility index (Phi) is 3.65. The summed E-state index contributed by atoms with van der Waals surface area (Å²) in [5, 5.41) is 16.1. The van der Waals surface area contributed by atoms with Crippen LogP contribution >= 0.6 is 0 Å². The van der Waals surface area contributed by atoms with Crippen molar-refractivity contribution in [3.05, 3.63) is 40.8 Å². The van der Waals surface area contributed by atoms with Gasteiger partial charge in [0.25, 0.3) is 5.91 Å². The minimum Gasteiger partial charge on any atom is -0.508 e. The normalized spacial score (nSPS) is 12.2. The lowest BCUT2D eigenvalue weighted by Crippen LogP contribution is -2.27. The number of hydrogen-bond acceptors (Lipinski definition) is 5. The first kappa shape index (κ1) is 13.9. The number of aryl methyl sites for hydroxylation is 2. The highest BCUT2D eigenvalue weighted by molar-refractivity contribution is 5.99. The van der Waals surface area contributed by atoms with Gasteiger partial charge in [0.05, 0.1) is 17.3 Å². The maximum atomic E-state index is 12.2. The number of carbonyl (C=O) groups excluding carboxylic acids is 1. The summed E-state index contributed by atoms with van der Waals surface area (Å²) in [7, 11) is 0. The molecule has 0 aliphatic carbocycles. The lowest BCUT2D eigenvalue weighted by molar-refractivity contribution is 0.0940. The van der Waals surface area contributed by atoms with Gasteiger partial charge in [-0.2, -0.15) is 0 Å². The van der Waals surface area contributed by atoms with Gasteiger partial charge in [-0.25, -0.2) is 0 Å². The molecule has 20 heavy (non-hydrogen) atoms. The van der Waals surface area contributed by atoms with E-state index < -0.39 is 0 Å². The molecule has 0 spiro atoms. The van der Waals surface area contributed by atoms with Crippen LogP contribution in [0.25, 0.3) is 0 Å². The van der Waals surface area contributed by atoms with Crippen molar-refractivity contribution >= 4 is 11.6 Å². The van der Waals surface area contributed by atoms with E-state index in [1.807, 2.05) is 13.8 Å². The van der Waals surface area contributed by atoms with E-state index in [1.54, 1.807) is 6.92 Å². The van der Waals surface area contributed by atoms with Gasteiger partial charge in [-0.05, 0) is 39.0 Å². The zero-order valence-corrected chi connectivity index (χ0v) is 11.6. The van der Waals surface area contributed by atoms with Crippen molar-refractivity contribution in [1.29, 1.82) is 0 Å². The molecule has 0 radical (unpaired) electrons. The fourth-order valence-corrected chi connectivity index (χ4v) is 2.20. The smallest absolute Gasteiger partial charge is 0.253 e. The van der Waals surface area contributed by atoms with Crippen LogP contribution in [0.4, 0.5) is 5.69 Å². The Morgan fingerprint density at radius 1 is 1.45 bits per heavy atom. The van der Waals surface area contributed by atoms with E-state index >= 15 is 0 Å². The molecule has 2 rings (SSSR count). The fraction of sp³-hybridized carbons (Fsp3) is 0.286. The number of hydrogen-bond donors (Lipinski definition) is 3. The molecule has 4 N–H and O–H groups in total. The molecule has 6 nitrogen and oxygen atoms in total. The Balaban J connectivity index is 2.22. The quantitative estimate of drug-likeness (QED) is 0.588. The molecule has 1 aromatic heterocycles. The van der Waals surface area contributed by atoms with E-state index in [1.165, 1.54) is 18.2 Å². The predicted molar refractivity (Wildman–Crippen MR) is 74.4 cm³/mol. The van der Waals surface area contributed by atoms with Crippen molar-refractivity contribution < 1.29 is 14.4 Å². The number of amides is 1. The molecule has 1 aromatic carbocycles. The second-order valence-electron chi connectivity index (χ2n) is 4.70. The first-order valence-corrected chi connectivity index (χ1v) is 6.22. The number of nitrogen functional groups attached to an aromatic ring is 1. The number of aromatic hydroxyl groups is 1. The Morgan fingerprint density at radius 2 is 2.15 bits per heavy atom. The largest absolute Gasteiger partial charge is 0.508 e. The van der Waals surface area contributed by atoms with E-state index in [2.05, 4.69) is 10.5 Å². The Morgan fingerprint density at radius 3 is 2.75 bits per heavy atom. The lowest BCUT2D eigenvalue weighted by Gasteiger charge is -2.14. The molecule has 106 valence electrons. The molecule has 0 bridgehead atoms. The van der Waals surface area contributed by atoms with E-state index in [-0.39, 0.29) is 23.3 Å². The molecule has 1 heterocycles. The van der Waals surface area contributed by atoms with Crippen molar-refractivity contribution in [2.75, 3.05) is 5.73 Å². The number of nitrogens with one attached hydrogen (secondary N) is 1. The lowest BCUT2D eigenvalue weighted by atomic mass is 10.1. The highest BCUT2D eigenvalue weighted by Crippen LogP contribution is 2.23. The third-order valence-corrected chi connectivity index (χ3v) is 3.15. The summed E-state index contributed by atoms with van der Waals surface area (Å²) in [5.41, 5.74) is 7.87. The fourth-order valence-electron chi connectivity index (χ4n) is 2.20. The summed E-state index contributed by atoms with van der Waals surface area (Å²) in [5.74, 6) is 0.305. The van der Waals surface area contributed by atoms with Crippen LogP contribution in [0.2, 0.25) is 0 Å². The van der Waals surface area contributed by atoms with Gasteiger partial charge in [0, 0.05) is 11.3 Å². The van der Waals surface area contributed by atoms with Crippen molar-refractivity contribution in [3.63, 3.8) is 0 Å². The second-order valence-corrected chi connectivity index (χ2v) is 4.70. The number of phenols is 1. The molecule has 0 fully saturated rings. The predicted octanol–water partition coefficient (Wildman–Crippen LogP) is 2.07. The van der Waals surface area contributed by atoms with Crippen molar-refractivity contribution in [3.8, 4) is 5.75 Å². The topological polar surface area (TPSA) is 101 Å². The van der Waals surface area contributed by atoms with Gasteiger partial charge < -0.3 is 20.7 Å². The van der Waals surface area contributed by atoms with Gasteiger partial charge in [-0.1, -0.05) is 5.16 Å². The average Bonchev–Trinajstić information content (AvgIpc) is 2.71. The van der Waals surface area contributed by atoms with Gasteiger partial charge in [-0.3, -0.25) is 4.79 Å². The summed E-state index contributed by atoms with van der Waals surface area (Å²) < 4.78 is 5.08. The number of anilines is 1. The highest BCUT2D eigenvalue weighted by atomic mass is 16.5. The summed E-state index contributed by atoms with van der Waals surface area (Å²) in [6.45, 7) is 5.45. The second kappa shape index (κ2) is 5.24. The van der Waals surface area contributed by atoms with Crippen LogP contribution in [0.3, 0.4) is 0 Å². The number of aromatic nitrogens is 1. The molecule has 1 atom stereocenters. The van der Waals surface area contributed by atoms with E-state index in [4.69, 9.17) is 10.3 Å². The highest BCUT2D eigenvalue weighted by Gasteiger charge is 2.20. The monoisotopic (exact) mass is 275 g/mol. The Labute approximate surface area is 116 Å². The number of rotatable bonds is 3. The van der Waals surface area contributed by atoms with Crippen LogP contribution in [-0.2, 0) is 0 Å². The van der Waals surface area contributed by atoms with E-state index in [0.717, 1.165) is 11.3 Å². The van der Waals surface area contributed by atoms with E-state index in [0.29, 0.717) is 11.4 Å². The van der Waals surface area contributed by atoms with Gasteiger partial charge in [0.1, 0.15) is 11.5 Å². The molecular formula is C14H17N3O3. The number of nitrogens with two attached hydrogens (primary N) is 1. The molecule has 0 saturated carbocycles. The number of nitrogens with zero attached hydrogens (tertiary/aromatic N) is 1. The first-order valence-electron chi connectivity index (χ1n) is 6.22. The standard InChI is InChI=1S/C14H17N3O3/c1-7(13-8(2)17-20-9(13)3)16-14(19)11-6-10(18)4-5-12(11)15/h4-7,18H,15H2,1-3H3,(H,16,19). The molecular weight excluding hydrogens is 258 g/mol. The molecule has 2 aromatic rings. The van der Waals surface area contributed by atoms with E-state index in [9.17, 15) is 9.90 Å². The van der Waals surface area contributed by atoms with Crippen LogP contribution in [0.15, 0.2) is 22.7 Å². The zero-order chi connectivity index (χ0) is 14.9. The minimum atomic E-state index is -0.356. The maximum Gasteiger partial charge on any atom is 0.253 e. The van der Waals surface area contributed by atoms with Gasteiger partial charge in [0.15, 0.2) is 0 Å². The number of benzene rings is 1. The maximum absolute atomic E-state index is 12.2. The summed E-state index contributed by atoms with van der Waals surface area (Å²) in [4.78, 5) is 12.2. The van der Waals surface area contributed by atoms with Crippen LogP contribution in [0.5, 0.6) is 5.75 Å². The van der Waals surface area contributed by atoms with Crippen molar-refractivity contribution in [2.24, 2.45) is 0 Å². The number of carbonyl (C=O) groups is 1. The molecule has 0 aliphatic rings. The number of phenolic OH excluding ortho intramolecular Hbond substituents is 1. The summed E-state index contributed by atoms with van der Waals surface area (Å²) in [6.07, 6.45) is 0.